The standard InChI is InChI=1S/C10H10N6O/c11-8-7(16-17)9(12)15-10(14-8)13-6-4-2-1-3-5-6/h1-5H,(H5,11,12,13,14,15). The molecule has 7 nitrogen and oxygen atoms in total. The number of nitrogens with two attached hydrogens (primary N) is 2. The van der Waals surface area contributed by atoms with Crippen LogP contribution in [0, 0.1) is 4.91 Å². The molecular weight excluding hydrogens is 220 g/mol. The number of nitrogens with one attached hydrogen (secondary N) is 1. The molecule has 0 amide bonds. The normalized spacial score (nSPS) is 9.88. The number of aromatic nitrogens is 2. The van der Waals surface area contributed by atoms with Gasteiger partial charge in [-0.3, -0.25) is 0 Å². The van der Waals surface area contributed by atoms with Crippen LogP contribution in [0.5, 0.6) is 0 Å². The highest BCUT2D eigenvalue weighted by molar-refractivity contribution is 5.72. The number of anilines is 4. The van der Waals surface area contributed by atoms with Crippen molar-refractivity contribution in [1.82, 2.24) is 9.97 Å². The molecule has 7 heteroatoms. The third-order valence-electron chi connectivity index (χ3n) is 2.06. The van der Waals surface area contributed by atoms with Crippen LogP contribution in [0.15, 0.2) is 35.5 Å². The van der Waals surface area contributed by atoms with E-state index in [9.17, 15) is 4.91 Å². The van der Waals surface area contributed by atoms with Gasteiger partial charge in [-0.05, 0) is 17.3 Å². The highest BCUT2D eigenvalue weighted by atomic mass is 16.3. The summed E-state index contributed by atoms with van der Waals surface area (Å²) in [6.45, 7) is 0. The summed E-state index contributed by atoms with van der Waals surface area (Å²) in [6.07, 6.45) is 0. The van der Waals surface area contributed by atoms with Crippen molar-refractivity contribution >= 4 is 29.0 Å². The molecule has 0 fully saturated rings. The summed E-state index contributed by atoms with van der Waals surface area (Å²) in [5, 5.41) is 5.58. The van der Waals surface area contributed by atoms with Gasteiger partial charge >= 0.3 is 0 Å². The molecule has 2 rings (SSSR count). The van der Waals surface area contributed by atoms with Crippen LogP contribution in [-0.4, -0.2) is 9.97 Å². The summed E-state index contributed by atoms with van der Waals surface area (Å²) >= 11 is 0. The van der Waals surface area contributed by atoms with E-state index < -0.39 is 0 Å². The molecule has 0 aliphatic carbocycles. The molecule has 5 N–H and O–H groups in total. The predicted octanol–water partition coefficient (Wildman–Crippen LogP) is 1.78. The molecule has 2 aromatic rings. The maximum absolute atomic E-state index is 10.4. The second-order valence-corrected chi connectivity index (χ2v) is 3.25. The lowest BCUT2D eigenvalue weighted by Gasteiger charge is -2.07. The maximum Gasteiger partial charge on any atom is 0.231 e. The Morgan fingerprint density at radius 1 is 1.06 bits per heavy atom. The molecule has 1 aromatic heterocycles. The van der Waals surface area contributed by atoms with Gasteiger partial charge in [0.2, 0.25) is 5.95 Å². The van der Waals surface area contributed by atoms with E-state index in [1.54, 1.807) is 0 Å². The average Bonchev–Trinajstić information content (AvgIpc) is 2.30. The van der Waals surface area contributed by atoms with Gasteiger partial charge in [0.15, 0.2) is 17.3 Å². The van der Waals surface area contributed by atoms with Gasteiger partial charge < -0.3 is 16.8 Å². The van der Waals surface area contributed by atoms with Crippen molar-refractivity contribution in [1.29, 1.82) is 0 Å². The molecule has 0 unspecified atom stereocenters. The quantitative estimate of drug-likeness (QED) is 0.691. The number of nitrogens with zero attached hydrogens (tertiary/aromatic N) is 3. The summed E-state index contributed by atoms with van der Waals surface area (Å²) in [5.74, 6) is 0.121. The lowest BCUT2D eigenvalue weighted by Crippen LogP contribution is -2.04. The fourth-order valence-electron chi connectivity index (χ4n) is 1.29. The number of hydrogen-bond donors (Lipinski definition) is 3. The van der Waals surface area contributed by atoms with Gasteiger partial charge in [0.1, 0.15) is 0 Å². The van der Waals surface area contributed by atoms with Crippen molar-refractivity contribution in [3.63, 3.8) is 0 Å². The molecule has 17 heavy (non-hydrogen) atoms. The Morgan fingerprint density at radius 2 is 1.65 bits per heavy atom. The molecule has 86 valence electrons. The SMILES string of the molecule is Nc1nc(Nc2ccccc2)nc(N)c1N=O. The minimum absolute atomic E-state index is 0.0501. The molecule has 1 heterocycles. The van der Waals surface area contributed by atoms with Crippen molar-refractivity contribution in [2.45, 2.75) is 0 Å². The van der Waals surface area contributed by atoms with Gasteiger partial charge in [0.25, 0.3) is 0 Å². The molecule has 0 aliphatic heterocycles. The molecule has 0 saturated heterocycles. The highest BCUT2D eigenvalue weighted by Crippen LogP contribution is 2.27. The molecule has 0 saturated carbocycles. The summed E-state index contributed by atoms with van der Waals surface area (Å²) in [5.41, 5.74) is 11.7. The van der Waals surface area contributed by atoms with E-state index in [4.69, 9.17) is 11.5 Å². The van der Waals surface area contributed by atoms with Crippen LogP contribution in [-0.2, 0) is 0 Å². The van der Waals surface area contributed by atoms with Crippen molar-refractivity contribution in [2.75, 3.05) is 16.8 Å². The minimum Gasteiger partial charge on any atom is -0.382 e. The van der Waals surface area contributed by atoms with E-state index in [2.05, 4.69) is 20.5 Å². The van der Waals surface area contributed by atoms with Crippen LogP contribution in [0.4, 0.5) is 29.0 Å². The molecule has 1 aromatic carbocycles. The number of nitroso groups, excluding NO2 is 1. The van der Waals surface area contributed by atoms with Gasteiger partial charge in [0.05, 0.1) is 0 Å². The fourth-order valence-corrected chi connectivity index (χ4v) is 1.29. The Hall–Kier alpha value is -2.70. The number of nitrogen functional groups attached to an aromatic ring is 2. The van der Waals surface area contributed by atoms with Crippen LogP contribution in [0.1, 0.15) is 0 Å². The Bertz CT molecular complexity index is 519. The Kier molecular flexibility index (Phi) is 2.82. The topological polar surface area (TPSA) is 119 Å². The van der Waals surface area contributed by atoms with E-state index in [1.165, 1.54) is 0 Å². The molecular formula is C10H10N6O. The number of benzene rings is 1. The third kappa shape index (κ3) is 2.28. The van der Waals surface area contributed by atoms with Gasteiger partial charge in [-0.25, -0.2) is 0 Å². The van der Waals surface area contributed by atoms with E-state index >= 15 is 0 Å². The minimum atomic E-state index is -0.136. The van der Waals surface area contributed by atoms with Crippen LogP contribution in [0.2, 0.25) is 0 Å². The Morgan fingerprint density at radius 3 is 2.18 bits per heavy atom. The lowest BCUT2D eigenvalue weighted by molar-refractivity contribution is 1.17. The Balaban J connectivity index is 2.32. The first-order valence-electron chi connectivity index (χ1n) is 4.79. The molecule has 0 aliphatic rings. The molecule has 0 atom stereocenters. The van der Waals surface area contributed by atoms with Crippen molar-refractivity contribution in [3.05, 3.63) is 35.2 Å². The maximum atomic E-state index is 10.4. The smallest absolute Gasteiger partial charge is 0.231 e. The van der Waals surface area contributed by atoms with E-state index in [1.807, 2.05) is 30.3 Å². The zero-order valence-electron chi connectivity index (χ0n) is 8.79. The largest absolute Gasteiger partial charge is 0.382 e. The Labute approximate surface area is 96.9 Å². The number of hydrogen-bond acceptors (Lipinski definition) is 7. The van der Waals surface area contributed by atoms with Crippen LogP contribution >= 0.6 is 0 Å². The van der Waals surface area contributed by atoms with Crippen molar-refractivity contribution in [3.8, 4) is 0 Å². The zero-order chi connectivity index (χ0) is 12.3. The summed E-state index contributed by atoms with van der Waals surface area (Å²) in [7, 11) is 0. The number of para-hydroxylation sites is 1. The molecule has 0 radical (unpaired) electrons. The number of rotatable bonds is 3. The summed E-state index contributed by atoms with van der Waals surface area (Å²) in [4.78, 5) is 18.2. The van der Waals surface area contributed by atoms with E-state index in [-0.39, 0.29) is 23.3 Å². The van der Waals surface area contributed by atoms with Crippen LogP contribution in [0.3, 0.4) is 0 Å². The first kappa shape index (κ1) is 10.8. The van der Waals surface area contributed by atoms with E-state index in [0.29, 0.717) is 0 Å². The average molecular weight is 230 g/mol. The monoisotopic (exact) mass is 230 g/mol. The first-order valence-corrected chi connectivity index (χ1v) is 4.79. The van der Waals surface area contributed by atoms with Crippen LogP contribution < -0.4 is 16.8 Å². The highest BCUT2D eigenvalue weighted by Gasteiger charge is 2.10. The fraction of sp³-hybridized carbons (Fsp3) is 0. The summed E-state index contributed by atoms with van der Waals surface area (Å²) in [6, 6.07) is 9.27. The van der Waals surface area contributed by atoms with Gasteiger partial charge in [0, 0.05) is 5.69 Å². The van der Waals surface area contributed by atoms with E-state index in [0.717, 1.165) is 5.69 Å². The molecule has 0 bridgehead atoms. The van der Waals surface area contributed by atoms with Crippen LogP contribution in [0.25, 0.3) is 0 Å². The predicted molar refractivity (Wildman–Crippen MR) is 66.0 cm³/mol. The van der Waals surface area contributed by atoms with Gasteiger partial charge in [-0.2, -0.15) is 9.97 Å². The third-order valence-corrected chi connectivity index (χ3v) is 2.06. The lowest BCUT2D eigenvalue weighted by atomic mass is 10.3. The second kappa shape index (κ2) is 4.44. The zero-order valence-corrected chi connectivity index (χ0v) is 8.79. The first-order chi connectivity index (χ1) is 8.20. The molecule has 0 spiro atoms. The van der Waals surface area contributed by atoms with Gasteiger partial charge in [-0.15, -0.1) is 4.91 Å². The summed E-state index contributed by atoms with van der Waals surface area (Å²) < 4.78 is 0. The van der Waals surface area contributed by atoms with Crippen molar-refractivity contribution < 1.29 is 0 Å². The second-order valence-electron chi connectivity index (χ2n) is 3.25. The van der Waals surface area contributed by atoms with Gasteiger partial charge in [-0.1, -0.05) is 18.2 Å². The van der Waals surface area contributed by atoms with Crippen molar-refractivity contribution in [2.24, 2.45) is 5.18 Å².